The minimum Gasteiger partial charge on any atom is -0.404 e. The maximum absolute atomic E-state index is 12.4. The Labute approximate surface area is 126 Å². The standard InChI is InChI=1S/C14H18F3N3O2/c1-10(21)18-12-9-11(20-7-5-19(2)6-8-20)3-4-13(12)22-14(15,16)17/h3-4,9H,5-8H2,1-2H3,(H,18,21). The highest BCUT2D eigenvalue weighted by molar-refractivity contribution is 5.91. The van der Waals surface area contributed by atoms with Crippen molar-refractivity contribution in [3.05, 3.63) is 18.2 Å². The van der Waals surface area contributed by atoms with Gasteiger partial charge in [-0.25, -0.2) is 0 Å². The number of halogens is 3. The number of nitrogens with zero attached hydrogens (tertiary/aromatic N) is 2. The van der Waals surface area contributed by atoms with Crippen molar-refractivity contribution in [2.24, 2.45) is 0 Å². The number of rotatable bonds is 3. The molecule has 0 aromatic heterocycles. The number of carbonyl (C=O) groups is 1. The second kappa shape index (κ2) is 6.43. The molecule has 1 aliphatic heterocycles. The topological polar surface area (TPSA) is 44.8 Å². The lowest BCUT2D eigenvalue weighted by molar-refractivity contribution is -0.274. The number of ether oxygens (including phenoxy) is 1. The van der Waals surface area contributed by atoms with E-state index in [2.05, 4.69) is 19.9 Å². The Morgan fingerprint density at radius 3 is 2.41 bits per heavy atom. The zero-order chi connectivity index (χ0) is 16.3. The van der Waals surface area contributed by atoms with E-state index >= 15 is 0 Å². The molecule has 0 spiro atoms. The van der Waals surface area contributed by atoms with Gasteiger partial charge < -0.3 is 19.9 Å². The number of benzene rings is 1. The lowest BCUT2D eigenvalue weighted by Gasteiger charge is -2.34. The summed E-state index contributed by atoms with van der Waals surface area (Å²) in [6.45, 7) is 4.53. The first-order chi connectivity index (χ1) is 10.2. The highest BCUT2D eigenvalue weighted by Gasteiger charge is 2.32. The van der Waals surface area contributed by atoms with Crippen LogP contribution >= 0.6 is 0 Å². The van der Waals surface area contributed by atoms with Gasteiger partial charge in [-0.05, 0) is 25.2 Å². The quantitative estimate of drug-likeness (QED) is 0.929. The van der Waals surface area contributed by atoms with Gasteiger partial charge in [-0.15, -0.1) is 13.2 Å². The van der Waals surface area contributed by atoms with Crippen LogP contribution in [0.15, 0.2) is 18.2 Å². The van der Waals surface area contributed by atoms with Crippen molar-refractivity contribution in [1.29, 1.82) is 0 Å². The van der Waals surface area contributed by atoms with Crippen LogP contribution in [0.5, 0.6) is 5.75 Å². The van der Waals surface area contributed by atoms with Crippen LogP contribution in [0.3, 0.4) is 0 Å². The molecule has 0 unspecified atom stereocenters. The molecule has 5 nitrogen and oxygen atoms in total. The fraction of sp³-hybridized carbons (Fsp3) is 0.500. The molecule has 0 atom stereocenters. The summed E-state index contributed by atoms with van der Waals surface area (Å²) in [4.78, 5) is 15.4. The molecule has 1 aromatic rings. The predicted molar refractivity (Wildman–Crippen MR) is 77.1 cm³/mol. The molecule has 1 saturated heterocycles. The first-order valence-corrected chi connectivity index (χ1v) is 6.85. The molecule has 122 valence electrons. The van der Waals surface area contributed by atoms with E-state index in [1.165, 1.54) is 19.1 Å². The van der Waals surface area contributed by atoms with Crippen LogP contribution in [0.4, 0.5) is 24.5 Å². The summed E-state index contributed by atoms with van der Waals surface area (Å²) in [5, 5.41) is 2.38. The molecule has 0 bridgehead atoms. The van der Waals surface area contributed by atoms with Crippen molar-refractivity contribution in [3.63, 3.8) is 0 Å². The molecular formula is C14H18F3N3O2. The van der Waals surface area contributed by atoms with Gasteiger partial charge in [0.25, 0.3) is 0 Å². The van der Waals surface area contributed by atoms with Crippen LogP contribution < -0.4 is 15.0 Å². The number of hydrogen-bond acceptors (Lipinski definition) is 4. The van der Waals surface area contributed by atoms with Crippen LogP contribution in [-0.4, -0.2) is 50.4 Å². The van der Waals surface area contributed by atoms with Crippen LogP contribution in [-0.2, 0) is 4.79 Å². The number of hydrogen-bond donors (Lipinski definition) is 1. The predicted octanol–water partition coefficient (Wildman–Crippen LogP) is 2.30. The number of alkyl halides is 3. The van der Waals surface area contributed by atoms with E-state index in [-0.39, 0.29) is 5.69 Å². The summed E-state index contributed by atoms with van der Waals surface area (Å²) in [6, 6.07) is 4.30. The molecule has 1 aliphatic rings. The summed E-state index contributed by atoms with van der Waals surface area (Å²) >= 11 is 0. The van der Waals surface area contributed by atoms with Crippen molar-refractivity contribution in [2.45, 2.75) is 13.3 Å². The zero-order valence-corrected chi connectivity index (χ0v) is 12.4. The highest BCUT2D eigenvalue weighted by atomic mass is 19.4. The summed E-state index contributed by atoms with van der Waals surface area (Å²) < 4.78 is 41.2. The number of carbonyl (C=O) groups excluding carboxylic acids is 1. The Kier molecular flexibility index (Phi) is 4.80. The maximum Gasteiger partial charge on any atom is 0.573 e. The maximum atomic E-state index is 12.4. The number of amides is 1. The number of anilines is 2. The van der Waals surface area contributed by atoms with Gasteiger partial charge in [-0.3, -0.25) is 4.79 Å². The Bertz CT molecular complexity index is 541. The average Bonchev–Trinajstić information content (AvgIpc) is 2.39. The van der Waals surface area contributed by atoms with Gasteiger partial charge in [0, 0.05) is 38.8 Å². The number of likely N-dealkylation sites (N-methyl/N-ethyl adjacent to an activating group) is 1. The largest absolute Gasteiger partial charge is 0.573 e. The molecule has 1 N–H and O–H groups in total. The molecule has 1 fully saturated rings. The molecule has 2 rings (SSSR count). The van der Waals surface area contributed by atoms with Gasteiger partial charge in [0.1, 0.15) is 0 Å². The fourth-order valence-electron chi connectivity index (χ4n) is 2.28. The minimum atomic E-state index is -4.80. The molecule has 1 aromatic carbocycles. The van der Waals surface area contributed by atoms with Crippen molar-refractivity contribution >= 4 is 17.3 Å². The number of nitrogens with one attached hydrogen (secondary N) is 1. The Hall–Kier alpha value is -1.96. The highest BCUT2D eigenvalue weighted by Crippen LogP contribution is 2.34. The van der Waals surface area contributed by atoms with Gasteiger partial charge in [0.15, 0.2) is 5.75 Å². The van der Waals surface area contributed by atoms with E-state index in [1.54, 1.807) is 6.07 Å². The minimum absolute atomic E-state index is 0.0150. The third kappa shape index (κ3) is 4.52. The molecule has 0 radical (unpaired) electrons. The Morgan fingerprint density at radius 1 is 1.23 bits per heavy atom. The second-order valence-corrected chi connectivity index (χ2v) is 5.20. The van der Waals surface area contributed by atoms with Crippen LogP contribution in [0.2, 0.25) is 0 Å². The first-order valence-electron chi connectivity index (χ1n) is 6.85. The van der Waals surface area contributed by atoms with Crippen molar-refractivity contribution in [3.8, 4) is 5.75 Å². The molecular weight excluding hydrogens is 299 g/mol. The van der Waals surface area contributed by atoms with Crippen molar-refractivity contribution in [2.75, 3.05) is 43.4 Å². The molecule has 0 saturated carbocycles. The van der Waals surface area contributed by atoms with E-state index in [1.807, 2.05) is 7.05 Å². The van der Waals surface area contributed by atoms with E-state index in [9.17, 15) is 18.0 Å². The Morgan fingerprint density at radius 2 is 1.86 bits per heavy atom. The molecule has 8 heteroatoms. The lowest BCUT2D eigenvalue weighted by Crippen LogP contribution is -2.44. The molecule has 1 heterocycles. The van der Waals surface area contributed by atoms with Crippen LogP contribution in [0.25, 0.3) is 0 Å². The van der Waals surface area contributed by atoms with E-state index in [0.717, 1.165) is 31.9 Å². The summed E-state index contributed by atoms with van der Waals surface area (Å²) in [5.41, 5.74) is 0.771. The lowest BCUT2D eigenvalue weighted by atomic mass is 10.2. The summed E-state index contributed by atoms with van der Waals surface area (Å²) in [5.74, 6) is -0.872. The number of piperazine rings is 1. The molecule has 22 heavy (non-hydrogen) atoms. The van der Waals surface area contributed by atoms with Gasteiger partial charge in [0.2, 0.25) is 5.91 Å². The third-order valence-electron chi connectivity index (χ3n) is 3.37. The van der Waals surface area contributed by atoms with Gasteiger partial charge in [0.05, 0.1) is 5.69 Å². The molecule has 0 aliphatic carbocycles. The van der Waals surface area contributed by atoms with Crippen LogP contribution in [0.1, 0.15) is 6.92 Å². The normalized spacial score (nSPS) is 16.5. The third-order valence-corrected chi connectivity index (χ3v) is 3.37. The van der Waals surface area contributed by atoms with Gasteiger partial charge in [-0.1, -0.05) is 0 Å². The molecule has 1 amide bonds. The average molecular weight is 317 g/mol. The second-order valence-electron chi connectivity index (χ2n) is 5.20. The fourth-order valence-corrected chi connectivity index (χ4v) is 2.28. The summed E-state index contributed by atoms with van der Waals surface area (Å²) in [6.07, 6.45) is -4.80. The van der Waals surface area contributed by atoms with Gasteiger partial charge >= 0.3 is 6.36 Å². The Balaban J connectivity index is 2.24. The van der Waals surface area contributed by atoms with Crippen LogP contribution in [0, 0.1) is 0 Å². The van der Waals surface area contributed by atoms with E-state index in [0.29, 0.717) is 0 Å². The smallest absolute Gasteiger partial charge is 0.404 e. The van der Waals surface area contributed by atoms with Crippen molar-refractivity contribution < 1.29 is 22.7 Å². The van der Waals surface area contributed by atoms with E-state index in [4.69, 9.17) is 0 Å². The zero-order valence-electron chi connectivity index (χ0n) is 12.4. The summed E-state index contributed by atoms with van der Waals surface area (Å²) in [7, 11) is 2.01. The first kappa shape index (κ1) is 16.4. The monoisotopic (exact) mass is 317 g/mol. The SMILES string of the molecule is CC(=O)Nc1cc(N2CCN(C)CC2)ccc1OC(F)(F)F. The van der Waals surface area contributed by atoms with Gasteiger partial charge in [-0.2, -0.15) is 0 Å². The van der Waals surface area contributed by atoms with E-state index < -0.39 is 18.0 Å². The van der Waals surface area contributed by atoms with Crippen molar-refractivity contribution in [1.82, 2.24) is 4.90 Å².